The van der Waals surface area contributed by atoms with Gasteiger partial charge in [-0.15, -0.1) is 0 Å². The summed E-state index contributed by atoms with van der Waals surface area (Å²) in [6.45, 7) is 2.61. The van der Waals surface area contributed by atoms with Gasteiger partial charge in [-0.3, -0.25) is 4.79 Å². The minimum absolute atomic E-state index is 0.0426. The molecule has 1 aromatic rings. The highest BCUT2D eigenvalue weighted by molar-refractivity contribution is 9.10. The zero-order valence-electron chi connectivity index (χ0n) is 12.6. The lowest BCUT2D eigenvalue weighted by molar-refractivity contribution is 0.0750. The van der Waals surface area contributed by atoms with Crippen LogP contribution < -0.4 is 25.8 Å². The minimum atomic E-state index is -0.451. The van der Waals surface area contributed by atoms with Gasteiger partial charge in [-0.1, -0.05) is 0 Å². The number of β-amino-alcohol motifs (C(OH)–C–C–N with tert-alkyl or cyclic N) is 1. The number of ether oxygens (including phenoxy) is 2. The number of aliphatic hydroxyl groups excluding tert-OH is 1. The van der Waals surface area contributed by atoms with Crippen molar-refractivity contribution in [1.29, 1.82) is 0 Å². The second kappa shape index (κ2) is 6.94. The Balaban J connectivity index is 1.75. The standard InChI is InChI=1S/C15H20BrN3O4/c16-12-10(17)5-9(13-14(12)23-4-3-22-13)15(21)19-6-8-1-2-18-7-11(8)20/h5,8,11,18,20H,1-4,6-7,17H2,(H,19,21)/t8-,11+/m0/s1. The largest absolute Gasteiger partial charge is 0.485 e. The van der Waals surface area contributed by atoms with Crippen molar-refractivity contribution in [1.82, 2.24) is 10.6 Å². The summed E-state index contributed by atoms with van der Waals surface area (Å²) >= 11 is 3.36. The van der Waals surface area contributed by atoms with E-state index in [0.717, 1.165) is 13.0 Å². The molecule has 0 unspecified atom stereocenters. The zero-order chi connectivity index (χ0) is 16.4. The van der Waals surface area contributed by atoms with E-state index in [1.165, 1.54) is 0 Å². The fourth-order valence-corrected chi connectivity index (χ4v) is 3.23. The van der Waals surface area contributed by atoms with Crippen LogP contribution in [-0.4, -0.2) is 50.0 Å². The number of anilines is 1. The third-order valence-corrected chi connectivity index (χ3v) is 4.96. The summed E-state index contributed by atoms with van der Waals surface area (Å²) in [4.78, 5) is 12.5. The van der Waals surface area contributed by atoms with Crippen molar-refractivity contribution in [3.05, 3.63) is 16.1 Å². The maximum Gasteiger partial charge on any atom is 0.255 e. The number of aliphatic hydroxyl groups is 1. The predicted octanol–water partition coefficient (Wildman–Crippen LogP) is 0.503. The van der Waals surface area contributed by atoms with Crippen LogP contribution in [0.1, 0.15) is 16.8 Å². The van der Waals surface area contributed by atoms with Crippen molar-refractivity contribution in [3.63, 3.8) is 0 Å². The average molecular weight is 386 g/mol. The van der Waals surface area contributed by atoms with Crippen molar-refractivity contribution in [2.75, 3.05) is 38.6 Å². The first-order valence-corrected chi connectivity index (χ1v) is 8.41. The van der Waals surface area contributed by atoms with Gasteiger partial charge in [0.1, 0.15) is 13.2 Å². The first-order valence-electron chi connectivity index (χ1n) is 7.62. The molecule has 23 heavy (non-hydrogen) atoms. The van der Waals surface area contributed by atoms with Gasteiger partial charge in [-0.2, -0.15) is 0 Å². The molecule has 2 aliphatic heterocycles. The number of hydrogen-bond acceptors (Lipinski definition) is 6. The van der Waals surface area contributed by atoms with Crippen molar-refractivity contribution in [2.24, 2.45) is 5.92 Å². The number of benzene rings is 1. The number of nitrogens with one attached hydrogen (secondary N) is 2. The molecule has 0 saturated carbocycles. The third-order valence-electron chi connectivity index (χ3n) is 4.14. The molecule has 2 aliphatic rings. The molecule has 0 radical (unpaired) electrons. The summed E-state index contributed by atoms with van der Waals surface area (Å²) in [7, 11) is 0. The van der Waals surface area contributed by atoms with E-state index in [1.807, 2.05) is 0 Å². The van der Waals surface area contributed by atoms with Gasteiger partial charge in [0.15, 0.2) is 11.5 Å². The Hall–Kier alpha value is -1.51. The minimum Gasteiger partial charge on any atom is -0.485 e. The summed E-state index contributed by atoms with van der Waals surface area (Å²) in [5, 5.41) is 15.9. The number of halogens is 1. The number of carbonyl (C=O) groups is 1. The van der Waals surface area contributed by atoms with E-state index in [9.17, 15) is 9.90 Å². The fraction of sp³-hybridized carbons (Fsp3) is 0.533. The molecule has 5 N–H and O–H groups in total. The first-order chi connectivity index (χ1) is 11.1. The smallest absolute Gasteiger partial charge is 0.255 e. The molecule has 1 fully saturated rings. The molecule has 2 atom stereocenters. The number of piperidine rings is 1. The van der Waals surface area contributed by atoms with Crippen LogP contribution in [0.25, 0.3) is 0 Å². The highest BCUT2D eigenvalue weighted by atomic mass is 79.9. The van der Waals surface area contributed by atoms with Gasteiger partial charge >= 0.3 is 0 Å². The Morgan fingerprint density at radius 1 is 1.43 bits per heavy atom. The summed E-state index contributed by atoms with van der Waals surface area (Å²) in [6.07, 6.45) is 0.370. The molecule has 1 aromatic carbocycles. The fourth-order valence-electron chi connectivity index (χ4n) is 2.82. The molecule has 126 valence electrons. The van der Waals surface area contributed by atoms with Gasteiger partial charge in [-0.25, -0.2) is 0 Å². The molecule has 8 heteroatoms. The lowest BCUT2D eigenvalue weighted by Crippen LogP contribution is -2.45. The summed E-state index contributed by atoms with van der Waals surface area (Å²) in [6, 6.07) is 1.58. The van der Waals surface area contributed by atoms with Gasteiger partial charge in [0.25, 0.3) is 5.91 Å². The summed E-state index contributed by atoms with van der Waals surface area (Å²) in [5.41, 5.74) is 6.70. The van der Waals surface area contributed by atoms with Crippen molar-refractivity contribution < 1.29 is 19.4 Å². The number of fused-ring (bicyclic) bond motifs is 1. The van der Waals surface area contributed by atoms with Crippen molar-refractivity contribution >= 4 is 27.5 Å². The van der Waals surface area contributed by atoms with E-state index in [1.54, 1.807) is 6.07 Å². The lowest BCUT2D eigenvalue weighted by Gasteiger charge is -2.28. The van der Waals surface area contributed by atoms with Gasteiger partial charge < -0.3 is 30.9 Å². The molecule has 1 amide bonds. The molecule has 0 aromatic heterocycles. The zero-order valence-corrected chi connectivity index (χ0v) is 14.2. The summed E-state index contributed by atoms with van der Waals surface area (Å²) in [5.74, 6) is 0.627. The molecule has 3 rings (SSSR count). The molecular formula is C15H20BrN3O4. The number of nitrogen functional groups attached to an aromatic ring is 1. The number of nitrogens with two attached hydrogens (primary N) is 1. The molecule has 2 heterocycles. The number of amides is 1. The van der Waals surface area contributed by atoms with E-state index in [0.29, 0.717) is 53.5 Å². The number of rotatable bonds is 3. The molecular weight excluding hydrogens is 366 g/mol. The summed E-state index contributed by atoms with van der Waals surface area (Å²) < 4.78 is 11.7. The Labute approximate surface area is 142 Å². The van der Waals surface area contributed by atoms with E-state index < -0.39 is 6.10 Å². The first kappa shape index (κ1) is 16.4. The van der Waals surface area contributed by atoms with Crippen LogP contribution in [0.4, 0.5) is 5.69 Å². The van der Waals surface area contributed by atoms with Crippen LogP contribution in [0.2, 0.25) is 0 Å². The van der Waals surface area contributed by atoms with Gasteiger partial charge in [0.2, 0.25) is 0 Å². The second-order valence-electron chi connectivity index (χ2n) is 5.71. The van der Waals surface area contributed by atoms with Crippen LogP contribution in [0.3, 0.4) is 0 Å². The SMILES string of the molecule is Nc1cc(C(=O)NC[C@@H]2CCNC[C@H]2O)c2c(c1Br)OCCO2. The topological polar surface area (TPSA) is 106 Å². The van der Waals surface area contributed by atoms with E-state index in [-0.39, 0.29) is 11.8 Å². The van der Waals surface area contributed by atoms with Crippen molar-refractivity contribution in [2.45, 2.75) is 12.5 Å². The Bertz CT molecular complexity index is 611. The van der Waals surface area contributed by atoms with Crippen LogP contribution >= 0.6 is 15.9 Å². The molecule has 7 nitrogen and oxygen atoms in total. The highest BCUT2D eigenvalue weighted by Gasteiger charge is 2.27. The Kier molecular flexibility index (Phi) is 4.93. The highest BCUT2D eigenvalue weighted by Crippen LogP contribution is 2.43. The van der Waals surface area contributed by atoms with E-state index in [2.05, 4.69) is 26.6 Å². The molecule has 0 bridgehead atoms. The quantitative estimate of drug-likeness (QED) is 0.564. The third kappa shape index (κ3) is 3.39. The molecule has 0 aliphatic carbocycles. The second-order valence-corrected chi connectivity index (χ2v) is 6.51. The average Bonchev–Trinajstić information content (AvgIpc) is 2.57. The molecule has 1 saturated heterocycles. The van der Waals surface area contributed by atoms with Crippen LogP contribution in [-0.2, 0) is 0 Å². The van der Waals surface area contributed by atoms with Crippen LogP contribution in [0, 0.1) is 5.92 Å². The normalized spacial score (nSPS) is 23.4. The van der Waals surface area contributed by atoms with Gasteiger partial charge in [0, 0.05) is 19.0 Å². The maximum atomic E-state index is 12.5. The Morgan fingerprint density at radius 3 is 2.91 bits per heavy atom. The van der Waals surface area contributed by atoms with Crippen LogP contribution in [0.15, 0.2) is 10.5 Å². The predicted molar refractivity (Wildman–Crippen MR) is 88.9 cm³/mol. The van der Waals surface area contributed by atoms with Crippen LogP contribution in [0.5, 0.6) is 11.5 Å². The van der Waals surface area contributed by atoms with Gasteiger partial charge in [-0.05, 0) is 35.0 Å². The van der Waals surface area contributed by atoms with Crippen molar-refractivity contribution in [3.8, 4) is 11.5 Å². The Morgan fingerprint density at radius 2 is 2.17 bits per heavy atom. The maximum absolute atomic E-state index is 12.5. The number of carbonyl (C=O) groups excluding carboxylic acids is 1. The lowest BCUT2D eigenvalue weighted by atomic mass is 9.95. The van der Waals surface area contributed by atoms with E-state index in [4.69, 9.17) is 15.2 Å². The number of hydrogen-bond donors (Lipinski definition) is 4. The molecule has 0 spiro atoms. The van der Waals surface area contributed by atoms with E-state index >= 15 is 0 Å². The van der Waals surface area contributed by atoms with Gasteiger partial charge in [0.05, 0.1) is 21.8 Å². The monoisotopic (exact) mass is 385 g/mol.